The van der Waals surface area contributed by atoms with Crippen molar-refractivity contribution in [2.75, 3.05) is 12.8 Å². The van der Waals surface area contributed by atoms with E-state index in [0.29, 0.717) is 17.7 Å². The van der Waals surface area contributed by atoms with Crippen LogP contribution in [-0.4, -0.2) is 18.1 Å². The second-order valence-corrected chi connectivity index (χ2v) is 3.95. The van der Waals surface area contributed by atoms with Crippen LogP contribution in [0, 0.1) is 0 Å². The highest BCUT2D eigenvalue weighted by Gasteiger charge is 2.10. The van der Waals surface area contributed by atoms with Crippen LogP contribution in [-0.2, 0) is 11.2 Å². The Kier molecular flexibility index (Phi) is 3.57. The van der Waals surface area contributed by atoms with Crippen molar-refractivity contribution >= 4 is 11.7 Å². The topological polar surface area (TPSA) is 65.2 Å². The van der Waals surface area contributed by atoms with Gasteiger partial charge in [0.05, 0.1) is 12.7 Å². The molecule has 1 heterocycles. The minimum atomic E-state index is -0.416. The lowest BCUT2D eigenvalue weighted by atomic mass is 10.0. The van der Waals surface area contributed by atoms with Gasteiger partial charge in [0.25, 0.3) is 0 Å². The quantitative estimate of drug-likeness (QED) is 0.660. The number of aromatic nitrogens is 1. The summed E-state index contributed by atoms with van der Waals surface area (Å²) in [5, 5.41) is 0. The normalized spacial score (nSPS) is 10.1. The fourth-order valence-electron chi connectivity index (χ4n) is 1.74. The lowest BCUT2D eigenvalue weighted by Crippen LogP contribution is -2.06. The van der Waals surface area contributed by atoms with Crippen LogP contribution in [0.2, 0.25) is 0 Å². The summed E-state index contributed by atoms with van der Waals surface area (Å²) in [4.78, 5) is 15.6. The molecule has 0 saturated heterocycles. The third-order valence-corrected chi connectivity index (χ3v) is 2.65. The number of methoxy groups -OCH3 is 1. The zero-order valence-electron chi connectivity index (χ0n) is 10.1. The van der Waals surface area contributed by atoms with Crippen molar-refractivity contribution in [1.29, 1.82) is 0 Å². The molecule has 2 N–H and O–H groups in total. The van der Waals surface area contributed by atoms with E-state index >= 15 is 0 Å². The van der Waals surface area contributed by atoms with Crippen LogP contribution in [0.5, 0.6) is 0 Å². The van der Waals surface area contributed by atoms with E-state index in [0.717, 1.165) is 11.1 Å². The number of benzene rings is 1. The summed E-state index contributed by atoms with van der Waals surface area (Å²) in [6.45, 7) is 0. The Morgan fingerprint density at radius 2 is 2.17 bits per heavy atom. The molecule has 0 amide bonds. The van der Waals surface area contributed by atoms with E-state index in [1.54, 1.807) is 24.5 Å². The van der Waals surface area contributed by atoms with Crippen LogP contribution < -0.4 is 5.73 Å². The molecule has 0 aliphatic carbocycles. The van der Waals surface area contributed by atoms with Crippen LogP contribution in [0.3, 0.4) is 0 Å². The first-order valence-corrected chi connectivity index (χ1v) is 5.56. The molecule has 0 atom stereocenters. The molecular formula is C14H14N2O2. The van der Waals surface area contributed by atoms with Gasteiger partial charge in [-0.05, 0) is 35.7 Å². The van der Waals surface area contributed by atoms with Crippen molar-refractivity contribution in [3.8, 4) is 0 Å². The number of hydrogen-bond donors (Lipinski definition) is 1. The standard InChI is InChI=1S/C14H14N2O2/c1-18-14(17)12-8-10(4-5-13(12)15)7-11-3-2-6-16-9-11/h2-6,8-9H,7,15H2,1H3. The van der Waals surface area contributed by atoms with Crippen LogP contribution >= 0.6 is 0 Å². The second-order valence-electron chi connectivity index (χ2n) is 3.95. The van der Waals surface area contributed by atoms with Crippen molar-refractivity contribution in [3.05, 3.63) is 59.4 Å². The van der Waals surface area contributed by atoms with E-state index in [4.69, 9.17) is 10.5 Å². The van der Waals surface area contributed by atoms with E-state index in [9.17, 15) is 4.79 Å². The van der Waals surface area contributed by atoms with Crippen LogP contribution in [0.4, 0.5) is 5.69 Å². The third-order valence-electron chi connectivity index (χ3n) is 2.65. The Bertz CT molecular complexity index is 553. The first-order valence-electron chi connectivity index (χ1n) is 5.56. The number of anilines is 1. The first-order chi connectivity index (χ1) is 8.70. The number of hydrogen-bond acceptors (Lipinski definition) is 4. The van der Waals surface area contributed by atoms with Gasteiger partial charge in [-0.3, -0.25) is 4.98 Å². The lowest BCUT2D eigenvalue weighted by molar-refractivity contribution is 0.0602. The number of ether oxygens (including phenoxy) is 1. The molecule has 4 nitrogen and oxygen atoms in total. The molecule has 2 aromatic rings. The third kappa shape index (κ3) is 2.66. The Labute approximate surface area is 105 Å². The molecule has 1 aromatic heterocycles. The summed E-state index contributed by atoms with van der Waals surface area (Å²) < 4.78 is 4.69. The summed E-state index contributed by atoms with van der Waals surface area (Å²) in [5.74, 6) is -0.416. The first kappa shape index (κ1) is 12.1. The number of nitrogens with two attached hydrogens (primary N) is 1. The van der Waals surface area contributed by atoms with Gasteiger partial charge in [0.15, 0.2) is 0 Å². The van der Waals surface area contributed by atoms with Gasteiger partial charge in [-0.25, -0.2) is 4.79 Å². The zero-order chi connectivity index (χ0) is 13.0. The predicted molar refractivity (Wildman–Crippen MR) is 69.2 cm³/mol. The van der Waals surface area contributed by atoms with Gasteiger partial charge in [0, 0.05) is 18.1 Å². The zero-order valence-corrected chi connectivity index (χ0v) is 10.1. The average molecular weight is 242 g/mol. The SMILES string of the molecule is COC(=O)c1cc(Cc2cccnc2)ccc1N. The van der Waals surface area contributed by atoms with Crippen molar-refractivity contribution < 1.29 is 9.53 Å². The van der Waals surface area contributed by atoms with Gasteiger partial charge in [-0.1, -0.05) is 12.1 Å². The molecule has 0 spiro atoms. The summed E-state index contributed by atoms with van der Waals surface area (Å²) in [6, 6.07) is 9.25. The molecule has 0 unspecified atom stereocenters. The van der Waals surface area contributed by atoms with Crippen LogP contribution in [0.1, 0.15) is 21.5 Å². The smallest absolute Gasteiger partial charge is 0.339 e. The maximum atomic E-state index is 11.5. The highest BCUT2D eigenvalue weighted by atomic mass is 16.5. The van der Waals surface area contributed by atoms with Gasteiger partial charge in [-0.2, -0.15) is 0 Å². The van der Waals surface area contributed by atoms with Gasteiger partial charge < -0.3 is 10.5 Å². The molecule has 2 rings (SSSR count). The molecule has 0 saturated carbocycles. The molecule has 92 valence electrons. The number of nitrogens with zero attached hydrogens (tertiary/aromatic N) is 1. The molecule has 0 fully saturated rings. The van der Waals surface area contributed by atoms with E-state index in [1.165, 1.54) is 7.11 Å². The highest BCUT2D eigenvalue weighted by molar-refractivity contribution is 5.95. The molecule has 0 aliphatic heterocycles. The van der Waals surface area contributed by atoms with Crippen molar-refractivity contribution in [1.82, 2.24) is 4.98 Å². The second kappa shape index (κ2) is 5.31. The van der Waals surface area contributed by atoms with Crippen LogP contribution in [0.25, 0.3) is 0 Å². The lowest BCUT2D eigenvalue weighted by Gasteiger charge is -2.07. The molecule has 0 bridgehead atoms. The molecular weight excluding hydrogens is 228 g/mol. The molecule has 0 aliphatic rings. The maximum Gasteiger partial charge on any atom is 0.339 e. The molecule has 18 heavy (non-hydrogen) atoms. The van der Waals surface area contributed by atoms with E-state index in [-0.39, 0.29) is 0 Å². The number of rotatable bonds is 3. The number of pyridine rings is 1. The molecule has 1 aromatic carbocycles. The molecule has 4 heteroatoms. The predicted octanol–water partition coefficient (Wildman–Crippen LogP) is 2.04. The fourth-order valence-corrected chi connectivity index (χ4v) is 1.74. The maximum absolute atomic E-state index is 11.5. The van der Waals surface area contributed by atoms with Gasteiger partial charge in [0.2, 0.25) is 0 Å². The summed E-state index contributed by atoms with van der Waals surface area (Å²) in [7, 11) is 1.34. The van der Waals surface area contributed by atoms with E-state index < -0.39 is 5.97 Å². The monoisotopic (exact) mass is 242 g/mol. The summed E-state index contributed by atoms with van der Waals surface area (Å²) in [5.41, 5.74) is 8.65. The number of nitrogen functional groups attached to an aromatic ring is 1. The summed E-state index contributed by atoms with van der Waals surface area (Å²) >= 11 is 0. The van der Waals surface area contributed by atoms with E-state index in [1.807, 2.05) is 18.2 Å². The Balaban J connectivity index is 2.27. The van der Waals surface area contributed by atoms with Crippen molar-refractivity contribution in [2.45, 2.75) is 6.42 Å². The van der Waals surface area contributed by atoms with E-state index in [2.05, 4.69) is 4.98 Å². The highest BCUT2D eigenvalue weighted by Crippen LogP contribution is 2.17. The van der Waals surface area contributed by atoms with Gasteiger partial charge in [0.1, 0.15) is 0 Å². The number of esters is 1. The Morgan fingerprint density at radius 3 is 2.83 bits per heavy atom. The Hall–Kier alpha value is -2.36. The van der Waals surface area contributed by atoms with Gasteiger partial charge in [-0.15, -0.1) is 0 Å². The largest absolute Gasteiger partial charge is 0.465 e. The van der Waals surface area contributed by atoms with Crippen molar-refractivity contribution in [3.63, 3.8) is 0 Å². The summed E-state index contributed by atoms with van der Waals surface area (Å²) in [6.07, 6.45) is 4.23. The number of carbonyl (C=O) groups excluding carboxylic acids is 1. The van der Waals surface area contributed by atoms with Gasteiger partial charge >= 0.3 is 5.97 Å². The van der Waals surface area contributed by atoms with Crippen molar-refractivity contribution in [2.24, 2.45) is 0 Å². The van der Waals surface area contributed by atoms with Crippen LogP contribution in [0.15, 0.2) is 42.7 Å². The average Bonchev–Trinajstić information content (AvgIpc) is 2.41. The minimum absolute atomic E-state index is 0.402. The minimum Gasteiger partial charge on any atom is -0.465 e. The Morgan fingerprint density at radius 1 is 1.33 bits per heavy atom. The molecule has 0 radical (unpaired) electrons. The number of carbonyl (C=O) groups is 1. The fraction of sp³-hybridized carbons (Fsp3) is 0.143.